The van der Waals surface area contributed by atoms with E-state index >= 15 is 0 Å². The van der Waals surface area contributed by atoms with Gasteiger partial charge in [0, 0.05) is 30.2 Å². The highest BCUT2D eigenvalue weighted by Gasteiger charge is 2.27. The van der Waals surface area contributed by atoms with E-state index in [1.165, 1.54) is 30.2 Å². The van der Waals surface area contributed by atoms with Crippen molar-refractivity contribution in [3.8, 4) is 11.5 Å². The first-order chi connectivity index (χ1) is 15.6. The molecule has 0 spiro atoms. The van der Waals surface area contributed by atoms with Gasteiger partial charge in [-0.1, -0.05) is 43.6 Å². The van der Waals surface area contributed by atoms with Gasteiger partial charge in [-0.15, -0.1) is 0 Å². The number of halogens is 1. The third kappa shape index (κ3) is 7.35. The summed E-state index contributed by atoms with van der Waals surface area (Å²) in [6, 6.07) is 10.2. The number of nitro benzene ring substituents is 1. The molecule has 0 unspecified atom stereocenters. The minimum absolute atomic E-state index is 0.0132. The summed E-state index contributed by atoms with van der Waals surface area (Å²) in [5, 5.41) is 14.4. The number of carbonyl (C=O) groups excluding carboxylic acids is 2. The minimum atomic E-state index is -0.775. The number of nitrogens with zero attached hydrogens (tertiary/aromatic N) is 2. The zero-order valence-corrected chi connectivity index (χ0v) is 19.8. The standard InChI is InChI=1S/C23H28ClN3O6/c1-15(2)12-25-23(29)16(3)26(13-17-7-5-6-8-19(17)24)22(28)14-33-18-9-10-20(27(30)31)21(11-18)32-4/h5-11,15-16H,12-14H2,1-4H3,(H,25,29)/t16-/m1/s1. The predicted molar refractivity (Wildman–Crippen MR) is 124 cm³/mol. The molecule has 178 valence electrons. The second-order valence-electron chi connectivity index (χ2n) is 7.81. The monoisotopic (exact) mass is 477 g/mol. The zero-order valence-electron chi connectivity index (χ0n) is 19.0. The van der Waals surface area contributed by atoms with E-state index < -0.39 is 16.9 Å². The normalized spacial score (nSPS) is 11.6. The number of rotatable bonds is 11. The summed E-state index contributed by atoms with van der Waals surface area (Å²) in [6.45, 7) is 5.80. The molecule has 2 rings (SSSR count). The van der Waals surface area contributed by atoms with Crippen molar-refractivity contribution in [1.29, 1.82) is 0 Å². The average molecular weight is 478 g/mol. The Balaban J connectivity index is 2.19. The molecular formula is C23H28ClN3O6. The van der Waals surface area contributed by atoms with Crippen LogP contribution in [0.2, 0.25) is 5.02 Å². The van der Waals surface area contributed by atoms with Crippen LogP contribution in [-0.2, 0) is 16.1 Å². The number of nitro groups is 1. The average Bonchev–Trinajstić information content (AvgIpc) is 2.79. The van der Waals surface area contributed by atoms with Gasteiger partial charge in [-0.25, -0.2) is 0 Å². The molecule has 0 aromatic heterocycles. The third-order valence-electron chi connectivity index (χ3n) is 4.86. The van der Waals surface area contributed by atoms with Gasteiger partial charge in [-0.3, -0.25) is 19.7 Å². The van der Waals surface area contributed by atoms with Gasteiger partial charge in [0.15, 0.2) is 6.61 Å². The van der Waals surface area contributed by atoms with Crippen LogP contribution < -0.4 is 14.8 Å². The quantitative estimate of drug-likeness (QED) is 0.389. The van der Waals surface area contributed by atoms with E-state index in [9.17, 15) is 19.7 Å². The highest BCUT2D eigenvalue weighted by Crippen LogP contribution is 2.30. The second kappa shape index (κ2) is 12.1. The Morgan fingerprint density at radius 1 is 1.18 bits per heavy atom. The van der Waals surface area contributed by atoms with Crippen LogP contribution in [0.25, 0.3) is 0 Å². The van der Waals surface area contributed by atoms with Crippen molar-refractivity contribution in [2.75, 3.05) is 20.3 Å². The lowest BCUT2D eigenvalue weighted by Gasteiger charge is -2.29. The largest absolute Gasteiger partial charge is 0.490 e. The third-order valence-corrected chi connectivity index (χ3v) is 5.23. The predicted octanol–water partition coefficient (Wildman–Crippen LogP) is 3.83. The van der Waals surface area contributed by atoms with Crippen LogP contribution in [0, 0.1) is 16.0 Å². The Morgan fingerprint density at radius 3 is 2.48 bits per heavy atom. The van der Waals surface area contributed by atoms with E-state index in [0.29, 0.717) is 17.1 Å². The van der Waals surface area contributed by atoms with Crippen LogP contribution in [0.3, 0.4) is 0 Å². The van der Waals surface area contributed by atoms with Gasteiger partial charge in [0.05, 0.1) is 12.0 Å². The van der Waals surface area contributed by atoms with E-state index in [1.807, 2.05) is 13.8 Å². The summed E-state index contributed by atoms with van der Waals surface area (Å²) in [5.74, 6) is -0.241. The van der Waals surface area contributed by atoms with Gasteiger partial charge in [0.25, 0.3) is 5.91 Å². The van der Waals surface area contributed by atoms with Crippen LogP contribution >= 0.6 is 11.6 Å². The van der Waals surface area contributed by atoms with Crippen molar-refractivity contribution in [2.45, 2.75) is 33.4 Å². The summed E-state index contributed by atoms with van der Waals surface area (Å²) in [5.41, 5.74) is 0.472. The molecule has 1 N–H and O–H groups in total. The summed E-state index contributed by atoms with van der Waals surface area (Å²) >= 11 is 6.27. The lowest BCUT2D eigenvalue weighted by molar-refractivity contribution is -0.385. The number of benzene rings is 2. The first kappa shape index (κ1) is 25.9. The van der Waals surface area contributed by atoms with Crippen molar-refractivity contribution in [1.82, 2.24) is 10.2 Å². The van der Waals surface area contributed by atoms with Gasteiger partial charge >= 0.3 is 5.69 Å². The summed E-state index contributed by atoms with van der Waals surface area (Å²) < 4.78 is 10.6. The van der Waals surface area contributed by atoms with E-state index in [-0.39, 0.29) is 42.2 Å². The summed E-state index contributed by atoms with van der Waals surface area (Å²) in [4.78, 5) is 37.6. The molecule has 33 heavy (non-hydrogen) atoms. The maximum atomic E-state index is 13.1. The minimum Gasteiger partial charge on any atom is -0.490 e. The van der Waals surface area contributed by atoms with Crippen molar-refractivity contribution in [3.05, 3.63) is 63.2 Å². The molecule has 1 atom stereocenters. The van der Waals surface area contributed by atoms with Gasteiger partial charge in [0.1, 0.15) is 11.8 Å². The molecule has 0 bridgehead atoms. The van der Waals surface area contributed by atoms with Crippen molar-refractivity contribution < 1.29 is 24.0 Å². The maximum Gasteiger partial charge on any atom is 0.311 e. The van der Waals surface area contributed by atoms with Crippen LogP contribution in [0.5, 0.6) is 11.5 Å². The molecule has 2 aromatic rings. The highest BCUT2D eigenvalue weighted by molar-refractivity contribution is 6.31. The van der Waals surface area contributed by atoms with Crippen molar-refractivity contribution in [3.63, 3.8) is 0 Å². The topological polar surface area (TPSA) is 111 Å². The Kier molecular flexibility index (Phi) is 9.47. The highest BCUT2D eigenvalue weighted by atomic mass is 35.5. The fraction of sp³-hybridized carbons (Fsp3) is 0.391. The number of methoxy groups -OCH3 is 1. The van der Waals surface area contributed by atoms with Gasteiger partial charge in [-0.05, 0) is 30.5 Å². The van der Waals surface area contributed by atoms with Gasteiger partial charge < -0.3 is 19.7 Å². The Morgan fingerprint density at radius 2 is 1.88 bits per heavy atom. The molecule has 2 amide bonds. The fourth-order valence-corrected chi connectivity index (χ4v) is 3.17. The van der Waals surface area contributed by atoms with Crippen LogP contribution in [0.15, 0.2) is 42.5 Å². The number of nitrogens with one attached hydrogen (secondary N) is 1. The van der Waals surface area contributed by atoms with E-state index in [0.717, 1.165) is 0 Å². The Bertz CT molecular complexity index is 998. The number of hydrogen-bond donors (Lipinski definition) is 1. The lowest BCUT2D eigenvalue weighted by atomic mass is 10.1. The molecule has 0 aliphatic carbocycles. The summed E-state index contributed by atoms with van der Waals surface area (Å²) in [7, 11) is 1.31. The first-order valence-electron chi connectivity index (χ1n) is 10.4. The number of carbonyl (C=O) groups is 2. The van der Waals surface area contributed by atoms with E-state index in [2.05, 4.69) is 5.32 Å². The van der Waals surface area contributed by atoms with Gasteiger partial charge in [0.2, 0.25) is 11.7 Å². The molecule has 2 aromatic carbocycles. The molecule has 10 heteroatoms. The first-order valence-corrected chi connectivity index (χ1v) is 10.8. The van der Waals surface area contributed by atoms with Crippen LogP contribution in [0.4, 0.5) is 5.69 Å². The number of ether oxygens (including phenoxy) is 2. The maximum absolute atomic E-state index is 13.1. The fourth-order valence-electron chi connectivity index (χ4n) is 2.97. The molecule has 0 saturated heterocycles. The summed E-state index contributed by atoms with van der Waals surface area (Å²) in [6.07, 6.45) is 0. The van der Waals surface area contributed by atoms with Crippen molar-refractivity contribution >= 4 is 29.1 Å². The molecular weight excluding hydrogens is 450 g/mol. The molecule has 0 aliphatic heterocycles. The van der Waals surface area contributed by atoms with E-state index in [4.69, 9.17) is 21.1 Å². The SMILES string of the molecule is COc1cc(OCC(=O)N(Cc2ccccc2Cl)[C@H](C)C(=O)NCC(C)C)ccc1[N+](=O)[O-]. The molecule has 0 fully saturated rings. The van der Waals surface area contributed by atoms with Crippen LogP contribution in [-0.4, -0.2) is 47.9 Å². The van der Waals surface area contributed by atoms with Gasteiger partial charge in [-0.2, -0.15) is 0 Å². The molecule has 0 saturated carbocycles. The molecule has 0 aliphatic rings. The Hall–Kier alpha value is -3.33. The number of amides is 2. The molecule has 9 nitrogen and oxygen atoms in total. The molecule has 0 heterocycles. The van der Waals surface area contributed by atoms with Crippen molar-refractivity contribution in [2.24, 2.45) is 5.92 Å². The second-order valence-corrected chi connectivity index (χ2v) is 8.21. The van der Waals surface area contributed by atoms with E-state index in [1.54, 1.807) is 31.2 Å². The smallest absolute Gasteiger partial charge is 0.311 e. The van der Waals surface area contributed by atoms with Crippen LogP contribution in [0.1, 0.15) is 26.3 Å². The Labute approximate surface area is 197 Å². The zero-order chi connectivity index (χ0) is 24.5. The lowest BCUT2D eigenvalue weighted by Crippen LogP contribution is -2.49. The number of hydrogen-bond acceptors (Lipinski definition) is 6. The molecule has 0 radical (unpaired) electrons.